The van der Waals surface area contributed by atoms with Crippen molar-refractivity contribution in [2.24, 2.45) is 5.73 Å². The molecule has 0 fully saturated rings. The third-order valence-electron chi connectivity index (χ3n) is 2.15. The van der Waals surface area contributed by atoms with Gasteiger partial charge in [-0.1, -0.05) is 11.8 Å². The Bertz CT molecular complexity index is 417. The molecule has 0 saturated heterocycles. The van der Waals surface area contributed by atoms with E-state index < -0.39 is 5.97 Å². The molecule has 0 bridgehead atoms. The summed E-state index contributed by atoms with van der Waals surface area (Å²) >= 11 is 1.17. The van der Waals surface area contributed by atoms with E-state index in [1.54, 1.807) is 6.20 Å². The Morgan fingerprint density at radius 2 is 2.29 bits per heavy atom. The van der Waals surface area contributed by atoms with Gasteiger partial charge in [0.05, 0.1) is 5.75 Å². The molecule has 0 aliphatic rings. The van der Waals surface area contributed by atoms with Crippen LogP contribution < -0.4 is 5.73 Å². The number of imidazole rings is 1. The minimum absolute atomic E-state index is 0.0216. The van der Waals surface area contributed by atoms with Gasteiger partial charge in [-0.15, -0.1) is 0 Å². The first kappa shape index (κ1) is 13.6. The second kappa shape index (κ2) is 6.29. The van der Waals surface area contributed by atoms with E-state index in [0.29, 0.717) is 24.5 Å². The molecular weight excluding hydrogens is 242 g/mol. The zero-order valence-corrected chi connectivity index (χ0v) is 10.4. The minimum Gasteiger partial charge on any atom is -0.481 e. The number of aromatic nitrogens is 2. The first-order valence-electron chi connectivity index (χ1n) is 5.15. The summed E-state index contributed by atoms with van der Waals surface area (Å²) in [7, 11) is 0. The van der Waals surface area contributed by atoms with Gasteiger partial charge in [0.15, 0.2) is 5.16 Å². The molecule has 1 rings (SSSR count). The third kappa shape index (κ3) is 4.48. The second-order valence-electron chi connectivity index (χ2n) is 3.59. The summed E-state index contributed by atoms with van der Waals surface area (Å²) in [4.78, 5) is 25.2. The van der Waals surface area contributed by atoms with Crippen LogP contribution in [0.1, 0.15) is 18.5 Å². The maximum atomic E-state index is 10.6. The molecule has 0 spiro atoms. The number of nitrogens with two attached hydrogens (primary N) is 1. The number of carbonyl (C=O) groups excluding carboxylic acids is 1. The highest BCUT2D eigenvalue weighted by Crippen LogP contribution is 2.18. The molecule has 6 nitrogen and oxygen atoms in total. The SMILES string of the molecule is Cc1cnc(SCC(=O)O)n1CCCC(N)=O. The van der Waals surface area contributed by atoms with Gasteiger partial charge in [-0.2, -0.15) is 0 Å². The molecule has 0 aliphatic heterocycles. The lowest BCUT2D eigenvalue weighted by Crippen LogP contribution is -2.12. The van der Waals surface area contributed by atoms with E-state index in [9.17, 15) is 9.59 Å². The number of rotatable bonds is 7. The van der Waals surface area contributed by atoms with Crippen LogP contribution in [0, 0.1) is 6.92 Å². The predicted octanol–water partition coefficient (Wildman–Crippen LogP) is 0.634. The van der Waals surface area contributed by atoms with Gasteiger partial charge >= 0.3 is 5.97 Å². The number of amides is 1. The number of aryl methyl sites for hydroxylation is 1. The van der Waals surface area contributed by atoms with Crippen LogP contribution in [0.2, 0.25) is 0 Å². The zero-order valence-electron chi connectivity index (χ0n) is 9.55. The molecule has 1 heterocycles. The molecule has 0 radical (unpaired) electrons. The Morgan fingerprint density at radius 1 is 1.59 bits per heavy atom. The number of hydrogen-bond donors (Lipinski definition) is 2. The average molecular weight is 257 g/mol. The zero-order chi connectivity index (χ0) is 12.8. The summed E-state index contributed by atoms with van der Waals surface area (Å²) in [5.74, 6) is -1.23. The highest BCUT2D eigenvalue weighted by molar-refractivity contribution is 7.99. The smallest absolute Gasteiger partial charge is 0.313 e. The maximum absolute atomic E-state index is 10.6. The molecule has 1 aromatic rings. The lowest BCUT2D eigenvalue weighted by molar-refractivity contribution is -0.133. The Hall–Kier alpha value is -1.50. The monoisotopic (exact) mass is 257 g/mol. The Kier molecular flexibility index (Phi) is 5.02. The van der Waals surface area contributed by atoms with Crippen molar-refractivity contribution in [3.8, 4) is 0 Å². The third-order valence-corrected chi connectivity index (χ3v) is 3.12. The van der Waals surface area contributed by atoms with Crippen LogP contribution in [-0.2, 0) is 16.1 Å². The van der Waals surface area contributed by atoms with E-state index in [4.69, 9.17) is 10.8 Å². The standard InChI is InChI=1S/C10H15N3O3S/c1-7-5-12-10(17-6-9(15)16)13(7)4-2-3-8(11)14/h5H,2-4,6H2,1H3,(H2,11,14)(H,15,16). The lowest BCUT2D eigenvalue weighted by atomic mass is 10.3. The molecule has 0 aliphatic carbocycles. The van der Waals surface area contributed by atoms with Gasteiger partial charge in [0.2, 0.25) is 5.91 Å². The Balaban J connectivity index is 2.59. The highest BCUT2D eigenvalue weighted by Gasteiger charge is 2.09. The average Bonchev–Trinajstić information content (AvgIpc) is 2.57. The van der Waals surface area contributed by atoms with Crippen LogP contribution in [0.4, 0.5) is 0 Å². The number of thioether (sulfide) groups is 1. The lowest BCUT2D eigenvalue weighted by Gasteiger charge is -2.08. The van der Waals surface area contributed by atoms with Gasteiger partial charge in [-0.25, -0.2) is 4.98 Å². The molecule has 3 N–H and O–H groups in total. The van der Waals surface area contributed by atoms with E-state index in [1.807, 2.05) is 11.5 Å². The molecule has 0 aromatic carbocycles. The van der Waals surface area contributed by atoms with Crippen molar-refractivity contribution in [2.75, 3.05) is 5.75 Å². The van der Waals surface area contributed by atoms with Crippen molar-refractivity contribution in [1.29, 1.82) is 0 Å². The first-order valence-corrected chi connectivity index (χ1v) is 6.14. The number of carbonyl (C=O) groups is 2. The number of nitrogens with zero attached hydrogens (tertiary/aromatic N) is 2. The fourth-order valence-corrected chi connectivity index (χ4v) is 2.13. The second-order valence-corrected chi connectivity index (χ2v) is 4.53. The number of aliphatic carboxylic acids is 1. The number of primary amides is 1. The van der Waals surface area contributed by atoms with Crippen LogP contribution in [0.15, 0.2) is 11.4 Å². The van der Waals surface area contributed by atoms with Gasteiger partial charge < -0.3 is 15.4 Å². The van der Waals surface area contributed by atoms with E-state index >= 15 is 0 Å². The van der Waals surface area contributed by atoms with Crippen LogP contribution in [0.3, 0.4) is 0 Å². The summed E-state index contributed by atoms with van der Waals surface area (Å²) in [5.41, 5.74) is 6.01. The normalized spacial score (nSPS) is 10.4. The fourth-order valence-electron chi connectivity index (χ4n) is 1.36. The summed E-state index contributed by atoms with van der Waals surface area (Å²) < 4.78 is 1.90. The number of hydrogen-bond acceptors (Lipinski definition) is 4. The van der Waals surface area contributed by atoms with Crippen molar-refractivity contribution >= 4 is 23.6 Å². The molecule has 0 atom stereocenters. The molecular formula is C10H15N3O3S. The van der Waals surface area contributed by atoms with Crippen LogP contribution in [0.25, 0.3) is 0 Å². The van der Waals surface area contributed by atoms with Crippen molar-refractivity contribution in [2.45, 2.75) is 31.5 Å². The first-order chi connectivity index (χ1) is 8.00. The molecule has 1 amide bonds. The van der Waals surface area contributed by atoms with E-state index in [0.717, 1.165) is 5.69 Å². The Morgan fingerprint density at radius 3 is 2.88 bits per heavy atom. The molecule has 17 heavy (non-hydrogen) atoms. The summed E-state index contributed by atoms with van der Waals surface area (Å²) in [5, 5.41) is 9.26. The molecule has 0 saturated carbocycles. The Labute approximate surface area is 103 Å². The number of carboxylic acids is 1. The maximum Gasteiger partial charge on any atom is 0.313 e. The van der Waals surface area contributed by atoms with Gasteiger partial charge in [0, 0.05) is 24.9 Å². The van der Waals surface area contributed by atoms with Crippen LogP contribution in [0.5, 0.6) is 0 Å². The van der Waals surface area contributed by atoms with E-state index in [1.165, 1.54) is 11.8 Å². The minimum atomic E-state index is -0.876. The summed E-state index contributed by atoms with van der Waals surface area (Å²) in [6, 6.07) is 0. The van der Waals surface area contributed by atoms with Crippen molar-refractivity contribution in [1.82, 2.24) is 9.55 Å². The van der Waals surface area contributed by atoms with Gasteiger partial charge in [-0.05, 0) is 13.3 Å². The topological polar surface area (TPSA) is 98.2 Å². The van der Waals surface area contributed by atoms with Crippen molar-refractivity contribution in [3.05, 3.63) is 11.9 Å². The summed E-state index contributed by atoms with van der Waals surface area (Å²) in [6.45, 7) is 2.51. The quantitative estimate of drug-likeness (QED) is 0.698. The molecule has 7 heteroatoms. The molecule has 94 valence electrons. The number of carboxylic acid groups (broad SMARTS) is 1. The van der Waals surface area contributed by atoms with E-state index in [2.05, 4.69) is 4.98 Å². The molecule has 1 aromatic heterocycles. The molecule has 0 unspecified atom stereocenters. The summed E-state index contributed by atoms with van der Waals surface area (Å²) in [6.07, 6.45) is 2.64. The largest absolute Gasteiger partial charge is 0.481 e. The van der Waals surface area contributed by atoms with Crippen LogP contribution in [-0.4, -0.2) is 32.3 Å². The van der Waals surface area contributed by atoms with Crippen molar-refractivity contribution in [3.63, 3.8) is 0 Å². The van der Waals surface area contributed by atoms with Gasteiger partial charge in [0.25, 0.3) is 0 Å². The van der Waals surface area contributed by atoms with Crippen molar-refractivity contribution < 1.29 is 14.7 Å². The van der Waals surface area contributed by atoms with Gasteiger partial charge in [0.1, 0.15) is 0 Å². The highest BCUT2D eigenvalue weighted by atomic mass is 32.2. The van der Waals surface area contributed by atoms with Gasteiger partial charge in [-0.3, -0.25) is 9.59 Å². The van der Waals surface area contributed by atoms with E-state index in [-0.39, 0.29) is 11.7 Å². The predicted molar refractivity (Wildman–Crippen MR) is 63.8 cm³/mol. The van der Waals surface area contributed by atoms with Crippen LogP contribution >= 0.6 is 11.8 Å². The fraction of sp³-hybridized carbons (Fsp3) is 0.500.